The predicted octanol–water partition coefficient (Wildman–Crippen LogP) is 2.42. The largest absolute Gasteiger partial charge is 0.462 e. The number of aromatic nitrogens is 1. The Balaban J connectivity index is 2.05. The summed E-state index contributed by atoms with van der Waals surface area (Å²) in [5.41, 5.74) is 1.91. The van der Waals surface area contributed by atoms with Crippen LogP contribution in [0.3, 0.4) is 0 Å². The van der Waals surface area contributed by atoms with Crippen molar-refractivity contribution in [3.63, 3.8) is 0 Å². The molecule has 0 bridgehead atoms. The highest BCUT2D eigenvalue weighted by atomic mass is 32.2. The van der Waals surface area contributed by atoms with Crippen molar-refractivity contribution in [1.29, 1.82) is 0 Å². The van der Waals surface area contributed by atoms with Gasteiger partial charge < -0.3 is 10.1 Å². The number of nitrogens with one attached hydrogen (secondary N) is 2. The zero-order valence-corrected chi connectivity index (χ0v) is 17.1. The normalized spacial score (nSPS) is 11.0. The molecule has 2 aromatic rings. The molecular formula is C20H23N3O5S. The summed E-state index contributed by atoms with van der Waals surface area (Å²) in [5.74, 6) is -1.11. The average molecular weight is 417 g/mol. The van der Waals surface area contributed by atoms with Gasteiger partial charge in [0.05, 0.1) is 23.6 Å². The van der Waals surface area contributed by atoms with E-state index < -0.39 is 21.9 Å². The third-order valence-corrected chi connectivity index (χ3v) is 5.15. The lowest BCUT2D eigenvalue weighted by Gasteiger charge is -2.09. The first kappa shape index (κ1) is 22.3. The Hall–Kier alpha value is -3.04. The predicted molar refractivity (Wildman–Crippen MR) is 110 cm³/mol. The number of aryl methyl sites for hydroxylation is 1. The van der Waals surface area contributed by atoms with E-state index in [1.807, 2.05) is 0 Å². The summed E-state index contributed by atoms with van der Waals surface area (Å²) in [6.07, 6.45) is 1.46. The van der Waals surface area contributed by atoms with E-state index in [1.54, 1.807) is 38.1 Å². The van der Waals surface area contributed by atoms with Crippen molar-refractivity contribution in [2.24, 2.45) is 0 Å². The SMILES string of the molecule is C=CCNS(=O)(=O)Cc1ccc(NC(=O)c2ccc(C(=O)OCC)c(C)n2)cc1. The molecule has 0 fully saturated rings. The first-order valence-electron chi connectivity index (χ1n) is 8.89. The molecule has 2 N–H and O–H groups in total. The second kappa shape index (κ2) is 9.94. The second-order valence-electron chi connectivity index (χ2n) is 6.10. The fraction of sp³-hybridized carbons (Fsp3) is 0.250. The van der Waals surface area contributed by atoms with E-state index in [0.29, 0.717) is 22.5 Å². The number of nitrogens with zero attached hydrogens (tertiary/aromatic N) is 1. The number of ether oxygens (including phenoxy) is 1. The minimum absolute atomic E-state index is 0.149. The maximum Gasteiger partial charge on any atom is 0.339 e. The first-order chi connectivity index (χ1) is 13.8. The number of amides is 1. The van der Waals surface area contributed by atoms with Gasteiger partial charge in [-0.25, -0.2) is 22.9 Å². The number of sulfonamides is 1. The summed E-state index contributed by atoms with van der Waals surface area (Å²) in [6.45, 7) is 7.22. The smallest absolute Gasteiger partial charge is 0.339 e. The van der Waals surface area contributed by atoms with Crippen molar-refractivity contribution in [2.75, 3.05) is 18.5 Å². The molecule has 0 saturated heterocycles. The van der Waals surface area contributed by atoms with Gasteiger partial charge in [0, 0.05) is 12.2 Å². The molecular weight excluding hydrogens is 394 g/mol. The Bertz CT molecular complexity index is 1000. The van der Waals surface area contributed by atoms with Crippen LogP contribution in [0, 0.1) is 6.92 Å². The van der Waals surface area contributed by atoms with Gasteiger partial charge in [-0.15, -0.1) is 6.58 Å². The Morgan fingerprint density at radius 3 is 2.45 bits per heavy atom. The highest BCUT2D eigenvalue weighted by Crippen LogP contribution is 2.14. The van der Waals surface area contributed by atoms with E-state index in [-0.39, 0.29) is 24.6 Å². The van der Waals surface area contributed by atoms with Crippen LogP contribution in [0.4, 0.5) is 5.69 Å². The number of carbonyl (C=O) groups excluding carboxylic acids is 2. The Kier molecular flexibility index (Phi) is 7.63. The van der Waals surface area contributed by atoms with Crippen LogP contribution < -0.4 is 10.0 Å². The number of rotatable bonds is 9. The minimum atomic E-state index is -3.45. The van der Waals surface area contributed by atoms with Gasteiger partial charge in [0.25, 0.3) is 5.91 Å². The van der Waals surface area contributed by atoms with E-state index in [1.165, 1.54) is 18.2 Å². The molecule has 0 saturated carbocycles. The van der Waals surface area contributed by atoms with Crippen LogP contribution in [0.5, 0.6) is 0 Å². The zero-order valence-electron chi connectivity index (χ0n) is 16.3. The Labute approximate surface area is 170 Å². The van der Waals surface area contributed by atoms with Gasteiger partial charge in [-0.3, -0.25) is 4.79 Å². The van der Waals surface area contributed by atoms with Crippen LogP contribution >= 0.6 is 0 Å². The molecule has 1 amide bonds. The fourth-order valence-electron chi connectivity index (χ4n) is 2.45. The number of hydrogen-bond acceptors (Lipinski definition) is 6. The van der Waals surface area contributed by atoms with Crippen molar-refractivity contribution >= 4 is 27.6 Å². The topological polar surface area (TPSA) is 114 Å². The monoisotopic (exact) mass is 417 g/mol. The van der Waals surface area contributed by atoms with Crippen molar-refractivity contribution in [3.05, 3.63) is 71.6 Å². The zero-order chi connectivity index (χ0) is 21.4. The van der Waals surface area contributed by atoms with E-state index in [4.69, 9.17) is 4.74 Å². The Morgan fingerprint density at radius 2 is 1.86 bits per heavy atom. The van der Waals surface area contributed by atoms with Crippen molar-refractivity contribution < 1.29 is 22.7 Å². The molecule has 1 aromatic heterocycles. The third-order valence-electron chi connectivity index (χ3n) is 3.83. The van der Waals surface area contributed by atoms with Gasteiger partial charge in [0.2, 0.25) is 10.0 Å². The highest BCUT2D eigenvalue weighted by Gasteiger charge is 2.15. The molecule has 0 aliphatic rings. The average Bonchev–Trinajstić information content (AvgIpc) is 2.67. The molecule has 0 radical (unpaired) electrons. The molecule has 0 aliphatic heterocycles. The van der Waals surface area contributed by atoms with Crippen LogP contribution in [-0.2, 0) is 20.5 Å². The van der Waals surface area contributed by atoms with Crippen LogP contribution in [-0.4, -0.2) is 38.4 Å². The minimum Gasteiger partial charge on any atom is -0.462 e. The summed E-state index contributed by atoms with van der Waals surface area (Å²) >= 11 is 0. The second-order valence-corrected chi connectivity index (χ2v) is 7.90. The molecule has 29 heavy (non-hydrogen) atoms. The van der Waals surface area contributed by atoms with Crippen LogP contribution in [0.2, 0.25) is 0 Å². The summed E-state index contributed by atoms with van der Waals surface area (Å²) in [4.78, 5) is 28.4. The molecule has 1 aromatic carbocycles. The molecule has 2 rings (SSSR count). The number of pyridine rings is 1. The van der Waals surface area contributed by atoms with Crippen molar-refractivity contribution in [3.8, 4) is 0 Å². The van der Waals surface area contributed by atoms with E-state index in [2.05, 4.69) is 21.6 Å². The number of carbonyl (C=O) groups is 2. The Morgan fingerprint density at radius 1 is 1.17 bits per heavy atom. The molecule has 1 heterocycles. The quantitative estimate of drug-likeness (QED) is 0.478. The summed E-state index contributed by atoms with van der Waals surface area (Å²) in [7, 11) is -3.45. The number of hydrogen-bond donors (Lipinski definition) is 2. The van der Waals surface area contributed by atoms with E-state index in [9.17, 15) is 18.0 Å². The van der Waals surface area contributed by atoms with Crippen molar-refractivity contribution in [1.82, 2.24) is 9.71 Å². The van der Waals surface area contributed by atoms with Gasteiger partial charge in [-0.1, -0.05) is 18.2 Å². The summed E-state index contributed by atoms with van der Waals surface area (Å²) < 4.78 is 31.1. The molecule has 0 atom stereocenters. The standard InChI is InChI=1S/C20H23N3O5S/c1-4-12-21-29(26,27)13-15-6-8-16(9-7-15)23-19(24)18-11-10-17(14(3)22-18)20(25)28-5-2/h4,6-11,21H,1,5,12-13H2,2-3H3,(H,23,24). The van der Waals surface area contributed by atoms with E-state index in [0.717, 1.165) is 0 Å². The third kappa shape index (κ3) is 6.51. The number of benzene rings is 1. The maximum atomic E-state index is 12.4. The molecule has 0 spiro atoms. The fourth-order valence-corrected chi connectivity index (χ4v) is 3.55. The summed E-state index contributed by atoms with van der Waals surface area (Å²) in [5, 5.41) is 2.69. The van der Waals surface area contributed by atoms with Gasteiger partial charge in [0.1, 0.15) is 5.69 Å². The maximum absolute atomic E-state index is 12.4. The molecule has 8 nitrogen and oxygen atoms in total. The van der Waals surface area contributed by atoms with Crippen LogP contribution in [0.25, 0.3) is 0 Å². The lowest BCUT2D eigenvalue weighted by Crippen LogP contribution is -2.25. The lowest BCUT2D eigenvalue weighted by molar-refractivity contribution is 0.0524. The first-order valence-corrected chi connectivity index (χ1v) is 10.5. The lowest BCUT2D eigenvalue weighted by atomic mass is 10.1. The number of anilines is 1. The molecule has 0 aliphatic carbocycles. The van der Waals surface area contributed by atoms with Gasteiger partial charge in [0.15, 0.2) is 0 Å². The van der Waals surface area contributed by atoms with Crippen LogP contribution in [0.1, 0.15) is 39.0 Å². The van der Waals surface area contributed by atoms with Crippen molar-refractivity contribution in [2.45, 2.75) is 19.6 Å². The summed E-state index contributed by atoms with van der Waals surface area (Å²) in [6, 6.07) is 9.39. The molecule has 0 unspecified atom stereocenters. The molecule has 9 heteroatoms. The number of esters is 1. The van der Waals surface area contributed by atoms with E-state index >= 15 is 0 Å². The van der Waals surface area contributed by atoms with Crippen LogP contribution in [0.15, 0.2) is 49.1 Å². The highest BCUT2D eigenvalue weighted by molar-refractivity contribution is 7.88. The molecule has 154 valence electrons. The van der Waals surface area contributed by atoms with Gasteiger partial charge >= 0.3 is 5.97 Å². The van der Waals surface area contributed by atoms with Gasteiger partial charge in [-0.2, -0.15) is 0 Å². The van der Waals surface area contributed by atoms with Gasteiger partial charge in [-0.05, 0) is 43.7 Å².